The molecule has 7 heteroatoms. The van der Waals surface area contributed by atoms with E-state index < -0.39 is 0 Å². The molecule has 0 unspecified atom stereocenters. The quantitative estimate of drug-likeness (QED) is 0.684. The number of carbonyl (C=O) groups is 1. The van der Waals surface area contributed by atoms with E-state index in [1.54, 1.807) is 18.3 Å². The second-order valence-electron chi connectivity index (χ2n) is 8.05. The number of halogens is 2. The number of fused-ring (bicyclic) bond motifs is 1. The Kier molecular flexibility index (Phi) is 7.12. The highest BCUT2D eigenvalue weighted by Gasteiger charge is 2.31. The minimum atomic E-state index is -0.169. The molecule has 1 aromatic carbocycles. The highest BCUT2D eigenvalue weighted by Crippen LogP contribution is 2.32. The van der Waals surface area contributed by atoms with Gasteiger partial charge in [-0.1, -0.05) is 13.8 Å². The Labute approximate surface area is 181 Å². The number of rotatable bonds is 4. The zero-order valence-corrected chi connectivity index (χ0v) is 19.3. The summed E-state index contributed by atoms with van der Waals surface area (Å²) < 4.78 is 6.46. The molecule has 0 saturated heterocycles. The summed E-state index contributed by atoms with van der Waals surface area (Å²) in [6.45, 7) is 10.1. The van der Waals surface area contributed by atoms with E-state index in [4.69, 9.17) is 4.74 Å². The van der Waals surface area contributed by atoms with Crippen LogP contribution in [0.25, 0.3) is 0 Å². The largest absolute Gasteiger partial charge is 0.490 e. The lowest BCUT2D eigenvalue weighted by Gasteiger charge is -2.37. The van der Waals surface area contributed by atoms with E-state index in [-0.39, 0.29) is 29.8 Å². The van der Waals surface area contributed by atoms with Gasteiger partial charge in [-0.05, 0) is 66.7 Å². The van der Waals surface area contributed by atoms with Gasteiger partial charge in [-0.15, -0.1) is 12.4 Å². The highest BCUT2D eigenvalue weighted by atomic mass is 79.9. The van der Waals surface area contributed by atoms with E-state index in [2.05, 4.69) is 52.0 Å². The second-order valence-corrected chi connectivity index (χ2v) is 8.91. The van der Waals surface area contributed by atoms with E-state index in [1.807, 2.05) is 26.0 Å². The van der Waals surface area contributed by atoms with Crippen molar-refractivity contribution in [3.05, 3.63) is 51.8 Å². The normalized spacial score (nSPS) is 15.5. The Morgan fingerprint density at radius 3 is 2.68 bits per heavy atom. The molecule has 0 atom stereocenters. The van der Waals surface area contributed by atoms with Gasteiger partial charge in [0.1, 0.15) is 5.75 Å². The first-order chi connectivity index (χ1) is 12.7. The lowest BCUT2D eigenvalue weighted by atomic mass is 9.82. The first-order valence-electron chi connectivity index (χ1n) is 9.11. The molecule has 5 nitrogen and oxygen atoms in total. The zero-order valence-electron chi connectivity index (χ0n) is 16.9. The number of pyridine rings is 1. The molecule has 0 saturated carbocycles. The summed E-state index contributed by atoms with van der Waals surface area (Å²) in [6, 6.07) is 7.38. The average Bonchev–Trinajstić information content (AvgIpc) is 2.55. The Morgan fingerprint density at radius 1 is 1.32 bits per heavy atom. The van der Waals surface area contributed by atoms with Crippen molar-refractivity contribution in [3.63, 3.8) is 0 Å². The Bertz CT molecular complexity index is 871. The number of likely N-dealkylation sites (N-methyl/N-ethyl adjacent to an activating group) is 1. The van der Waals surface area contributed by atoms with Crippen LogP contribution in [0.4, 0.5) is 5.69 Å². The van der Waals surface area contributed by atoms with E-state index >= 15 is 0 Å². The molecular weight excluding hydrogens is 442 g/mol. The van der Waals surface area contributed by atoms with Crippen molar-refractivity contribution in [2.75, 3.05) is 18.9 Å². The number of hydrogen-bond donors (Lipinski definition) is 1. The number of benzene rings is 1. The molecule has 0 aliphatic carbocycles. The van der Waals surface area contributed by atoms with Crippen LogP contribution in [0.3, 0.4) is 0 Å². The third-order valence-electron chi connectivity index (χ3n) is 4.53. The van der Waals surface area contributed by atoms with Gasteiger partial charge in [0, 0.05) is 24.1 Å². The van der Waals surface area contributed by atoms with Gasteiger partial charge in [-0.2, -0.15) is 0 Å². The molecule has 0 spiro atoms. The van der Waals surface area contributed by atoms with Crippen molar-refractivity contribution >= 4 is 39.9 Å². The molecule has 0 radical (unpaired) electrons. The number of aromatic nitrogens is 1. The summed E-state index contributed by atoms with van der Waals surface area (Å²) in [6.07, 6.45) is 1.82. The van der Waals surface area contributed by atoms with Crippen LogP contribution < -0.4 is 10.1 Å². The van der Waals surface area contributed by atoms with Crippen LogP contribution in [0, 0.1) is 0 Å². The Balaban J connectivity index is 0.00000280. The number of carbonyl (C=O) groups excluding carboxylic acids is 1. The van der Waals surface area contributed by atoms with Crippen LogP contribution in [0.5, 0.6) is 5.75 Å². The third kappa shape index (κ3) is 5.04. The predicted octanol–water partition coefficient (Wildman–Crippen LogP) is 5.03. The summed E-state index contributed by atoms with van der Waals surface area (Å²) in [5, 5.41) is 2.96. The van der Waals surface area contributed by atoms with E-state index in [0.717, 1.165) is 34.6 Å². The van der Waals surface area contributed by atoms with Gasteiger partial charge in [-0.3, -0.25) is 9.78 Å². The van der Waals surface area contributed by atoms with Gasteiger partial charge < -0.3 is 15.0 Å². The van der Waals surface area contributed by atoms with E-state index in [0.29, 0.717) is 11.3 Å². The van der Waals surface area contributed by atoms with Crippen molar-refractivity contribution in [2.45, 2.75) is 45.8 Å². The molecule has 0 fully saturated rings. The highest BCUT2D eigenvalue weighted by molar-refractivity contribution is 9.10. The molecule has 1 aliphatic rings. The second kappa shape index (κ2) is 8.80. The maximum absolute atomic E-state index is 12.6. The van der Waals surface area contributed by atoms with Crippen molar-refractivity contribution < 1.29 is 9.53 Å². The molecule has 0 bridgehead atoms. The monoisotopic (exact) mass is 467 g/mol. The Hall–Kier alpha value is -1.63. The lowest BCUT2D eigenvalue weighted by molar-refractivity contribution is 0.102. The molecule has 28 heavy (non-hydrogen) atoms. The van der Waals surface area contributed by atoms with Crippen LogP contribution in [-0.4, -0.2) is 35.5 Å². The van der Waals surface area contributed by atoms with E-state index in [1.165, 1.54) is 0 Å². The summed E-state index contributed by atoms with van der Waals surface area (Å²) in [7, 11) is 2.11. The van der Waals surface area contributed by atoms with E-state index in [9.17, 15) is 4.79 Å². The molecule has 1 aromatic heterocycles. The summed E-state index contributed by atoms with van der Waals surface area (Å²) >= 11 is 3.47. The number of hydrogen-bond acceptors (Lipinski definition) is 4. The summed E-state index contributed by atoms with van der Waals surface area (Å²) in [4.78, 5) is 19.6. The van der Waals surface area contributed by atoms with Gasteiger partial charge in [0.05, 0.1) is 28.2 Å². The first-order valence-corrected chi connectivity index (χ1v) is 9.90. The molecule has 1 amide bonds. The summed E-state index contributed by atoms with van der Waals surface area (Å²) in [5.41, 5.74) is 3.55. The predicted molar refractivity (Wildman–Crippen MR) is 119 cm³/mol. The first kappa shape index (κ1) is 22.7. The van der Waals surface area contributed by atoms with Crippen LogP contribution in [-0.2, 0) is 12.0 Å². The fourth-order valence-electron chi connectivity index (χ4n) is 3.60. The van der Waals surface area contributed by atoms with Crippen molar-refractivity contribution in [3.8, 4) is 5.75 Å². The zero-order chi connectivity index (χ0) is 19.8. The molecule has 2 aromatic rings. The van der Waals surface area contributed by atoms with Gasteiger partial charge in [0.25, 0.3) is 5.91 Å². The Morgan fingerprint density at radius 2 is 2.04 bits per heavy atom. The fraction of sp³-hybridized carbons (Fsp3) is 0.429. The standard InChI is InChI=1S/C21H26BrN3O2.ClH/c1-13(2)27-18-7-6-14(9-17(18)22)20(26)24-16-8-15-11-25(5)12-21(3,4)19(15)23-10-16;/h6-10,13H,11-12H2,1-5H3,(H,24,26);1H. The molecule has 3 rings (SSSR count). The van der Waals surface area contributed by atoms with Crippen molar-refractivity contribution in [2.24, 2.45) is 0 Å². The van der Waals surface area contributed by atoms with Crippen molar-refractivity contribution in [1.82, 2.24) is 9.88 Å². The number of ether oxygens (including phenoxy) is 1. The summed E-state index contributed by atoms with van der Waals surface area (Å²) in [5.74, 6) is 0.555. The van der Waals surface area contributed by atoms with Crippen LogP contribution in [0.1, 0.15) is 49.3 Å². The number of anilines is 1. The molecule has 1 N–H and O–H groups in total. The topological polar surface area (TPSA) is 54.5 Å². The number of nitrogens with zero attached hydrogens (tertiary/aromatic N) is 2. The van der Waals surface area contributed by atoms with Crippen LogP contribution >= 0.6 is 28.3 Å². The number of nitrogens with one attached hydrogen (secondary N) is 1. The molecule has 2 heterocycles. The lowest BCUT2D eigenvalue weighted by Crippen LogP contribution is -2.40. The smallest absolute Gasteiger partial charge is 0.255 e. The van der Waals surface area contributed by atoms with Crippen molar-refractivity contribution in [1.29, 1.82) is 0 Å². The van der Waals surface area contributed by atoms with Gasteiger partial charge in [0.15, 0.2) is 0 Å². The maximum Gasteiger partial charge on any atom is 0.255 e. The third-order valence-corrected chi connectivity index (χ3v) is 5.15. The van der Waals surface area contributed by atoms with Crippen LogP contribution in [0.2, 0.25) is 0 Å². The fourth-order valence-corrected chi connectivity index (χ4v) is 4.07. The SMILES string of the molecule is CC(C)Oc1ccc(C(=O)Nc2cnc3c(c2)CN(C)CC3(C)C)cc1Br.Cl. The maximum atomic E-state index is 12.6. The molecule has 1 aliphatic heterocycles. The minimum absolute atomic E-state index is 0. The number of amides is 1. The molecule has 152 valence electrons. The molecular formula is C21H27BrClN3O2. The van der Waals surface area contributed by atoms with Gasteiger partial charge in [-0.25, -0.2) is 0 Å². The van der Waals surface area contributed by atoms with Gasteiger partial charge >= 0.3 is 0 Å². The van der Waals surface area contributed by atoms with Crippen LogP contribution in [0.15, 0.2) is 34.9 Å². The minimum Gasteiger partial charge on any atom is -0.490 e. The van der Waals surface area contributed by atoms with Gasteiger partial charge in [0.2, 0.25) is 0 Å². The average molecular weight is 469 g/mol.